The Morgan fingerprint density at radius 3 is 2.88 bits per heavy atom. The number of anilines is 1. The van der Waals surface area contributed by atoms with Crippen molar-refractivity contribution in [1.29, 1.82) is 0 Å². The Morgan fingerprint density at radius 1 is 1.62 bits per heavy atom. The number of aryl methyl sites for hydroxylation is 1. The van der Waals surface area contributed by atoms with Crippen LogP contribution in [0.4, 0.5) is 10.8 Å². The molecular weight excluding hydrogens is 228 g/mol. The van der Waals surface area contributed by atoms with Crippen molar-refractivity contribution in [2.24, 2.45) is 0 Å². The summed E-state index contributed by atoms with van der Waals surface area (Å²) in [6.07, 6.45) is 1.68. The van der Waals surface area contributed by atoms with Crippen molar-refractivity contribution in [3.05, 3.63) is 38.9 Å². The molecule has 0 aliphatic heterocycles. The number of aromatic nitrogens is 2. The smallest absolute Gasteiger partial charge is 0.324 e. The van der Waals surface area contributed by atoms with Gasteiger partial charge >= 0.3 is 5.00 Å². The van der Waals surface area contributed by atoms with Crippen molar-refractivity contribution in [3.63, 3.8) is 0 Å². The number of hydrogen-bond donors (Lipinski definition) is 1. The molecular formula is C9H10N4O2S. The van der Waals surface area contributed by atoms with Gasteiger partial charge < -0.3 is 5.73 Å². The molecule has 0 saturated carbocycles. The van der Waals surface area contributed by atoms with E-state index < -0.39 is 4.92 Å². The van der Waals surface area contributed by atoms with Crippen molar-refractivity contribution in [2.75, 3.05) is 5.73 Å². The van der Waals surface area contributed by atoms with Crippen LogP contribution in [-0.2, 0) is 6.54 Å². The van der Waals surface area contributed by atoms with E-state index in [1.807, 2.05) is 6.92 Å². The summed E-state index contributed by atoms with van der Waals surface area (Å²) in [5, 5.41) is 14.7. The fourth-order valence-electron chi connectivity index (χ4n) is 1.31. The third kappa shape index (κ3) is 1.89. The van der Waals surface area contributed by atoms with Gasteiger partial charge in [0.1, 0.15) is 5.82 Å². The molecule has 2 heterocycles. The van der Waals surface area contributed by atoms with Gasteiger partial charge in [0.25, 0.3) is 0 Å². The van der Waals surface area contributed by atoms with Gasteiger partial charge in [0.15, 0.2) is 0 Å². The van der Waals surface area contributed by atoms with Crippen LogP contribution in [-0.4, -0.2) is 14.7 Å². The highest BCUT2D eigenvalue weighted by Crippen LogP contribution is 2.25. The summed E-state index contributed by atoms with van der Waals surface area (Å²) in [6.45, 7) is 2.34. The fraction of sp³-hybridized carbons (Fsp3) is 0.222. The number of nitrogens with two attached hydrogens (primary N) is 1. The molecule has 0 spiro atoms. The van der Waals surface area contributed by atoms with Crippen molar-refractivity contribution in [1.82, 2.24) is 9.78 Å². The predicted octanol–water partition coefficient (Wildman–Crippen LogP) is 1.79. The summed E-state index contributed by atoms with van der Waals surface area (Å²) in [5.41, 5.74) is 6.70. The summed E-state index contributed by atoms with van der Waals surface area (Å²) in [6, 6.07) is 3.21. The van der Waals surface area contributed by atoms with Crippen molar-refractivity contribution in [3.8, 4) is 0 Å². The Bertz CT molecular complexity index is 531. The highest BCUT2D eigenvalue weighted by Gasteiger charge is 2.11. The van der Waals surface area contributed by atoms with E-state index in [-0.39, 0.29) is 5.00 Å². The number of nitrogens with zero attached hydrogens (tertiary/aromatic N) is 3. The maximum absolute atomic E-state index is 10.5. The summed E-state index contributed by atoms with van der Waals surface area (Å²) in [5.74, 6) is 0.594. The Kier molecular flexibility index (Phi) is 2.61. The van der Waals surface area contributed by atoms with Crippen LogP contribution in [0.25, 0.3) is 0 Å². The summed E-state index contributed by atoms with van der Waals surface area (Å²) < 4.78 is 1.63. The first-order chi connectivity index (χ1) is 7.58. The second kappa shape index (κ2) is 3.93. The average molecular weight is 238 g/mol. The molecule has 6 nitrogen and oxygen atoms in total. The largest absolute Gasteiger partial charge is 0.384 e. The van der Waals surface area contributed by atoms with Crippen LogP contribution in [0.3, 0.4) is 0 Å². The minimum Gasteiger partial charge on any atom is -0.384 e. The van der Waals surface area contributed by atoms with E-state index in [1.54, 1.807) is 16.9 Å². The maximum atomic E-state index is 10.5. The van der Waals surface area contributed by atoms with Crippen LogP contribution in [0.2, 0.25) is 0 Å². The lowest BCUT2D eigenvalue weighted by atomic mass is 10.4. The third-order valence-electron chi connectivity index (χ3n) is 2.21. The van der Waals surface area contributed by atoms with Gasteiger partial charge in [-0.3, -0.25) is 10.1 Å². The van der Waals surface area contributed by atoms with Crippen molar-refractivity contribution in [2.45, 2.75) is 13.5 Å². The molecule has 0 aliphatic carbocycles. The van der Waals surface area contributed by atoms with Crippen LogP contribution in [0.15, 0.2) is 18.3 Å². The molecule has 0 unspecified atom stereocenters. The number of nitrogen functional groups attached to an aromatic ring is 1. The molecule has 0 fully saturated rings. The van der Waals surface area contributed by atoms with Crippen LogP contribution in [0, 0.1) is 17.0 Å². The fourth-order valence-corrected chi connectivity index (χ4v) is 2.11. The Hall–Kier alpha value is -1.89. The van der Waals surface area contributed by atoms with Crippen molar-refractivity contribution < 1.29 is 4.92 Å². The molecule has 7 heteroatoms. The molecule has 84 valence electrons. The predicted molar refractivity (Wildman–Crippen MR) is 61.5 cm³/mol. The van der Waals surface area contributed by atoms with Gasteiger partial charge in [-0.1, -0.05) is 11.3 Å². The van der Waals surface area contributed by atoms with E-state index in [1.165, 1.54) is 6.07 Å². The lowest BCUT2D eigenvalue weighted by molar-refractivity contribution is -0.380. The molecule has 0 aliphatic rings. The second-order valence-corrected chi connectivity index (χ2v) is 4.51. The number of thiophene rings is 1. The number of nitro groups is 1. The van der Waals surface area contributed by atoms with Gasteiger partial charge in [-0.15, -0.1) is 0 Å². The van der Waals surface area contributed by atoms with E-state index >= 15 is 0 Å². The van der Waals surface area contributed by atoms with Gasteiger partial charge in [-0.25, -0.2) is 4.68 Å². The normalized spacial score (nSPS) is 10.6. The zero-order valence-corrected chi connectivity index (χ0v) is 9.40. The lowest BCUT2D eigenvalue weighted by Gasteiger charge is -2.01. The number of hydrogen-bond acceptors (Lipinski definition) is 5. The molecule has 0 saturated heterocycles. The topological polar surface area (TPSA) is 87.0 Å². The third-order valence-corrected chi connectivity index (χ3v) is 3.23. The molecule has 2 aromatic heterocycles. The lowest BCUT2D eigenvalue weighted by Crippen LogP contribution is -2.04. The zero-order valence-electron chi connectivity index (χ0n) is 8.58. The van der Waals surface area contributed by atoms with E-state index in [9.17, 15) is 10.1 Å². The summed E-state index contributed by atoms with van der Waals surface area (Å²) >= 11 is 1.14. The Morgan fingerprint density at radius 2 is 2.38 bits per heavy atom. The van der Waals surface area contributed by atoms with E-state index in [0.29, 0.717) is 12.4 Å². The minimum atomic E-state index is -0.397. The molecule has 2 rings (SSSR count). The molecule has 0 bridgehead atoms. The average Bonchev–Trinajstić information content (AvgIpc) is 2.81. The van der Waals surface area contributed by atoms with Gasteiger partial charge in [0, 0.05) is 16.5 Å². The van der Waals surface area contributed by atoms with Gasteiger partial charge in [-0.05, 0) is 13.0 Å². The first-order valence-electron chi connectivity index (χ1n) is 4.59. The molecule has 2 aromatic rings. The molecule has 0 amide bonds. The molecule has 0 aromatic carbocycles. The van der Waals surface area contributed by atoms with E-state index in [2.05, 4.69) is 5.10 Å². The van der Waals surface area contributed by atoms with Crippen LogP contribution >= 0.6 is 11.3 Å². The molecule has 16 heavy (non-hydrogen) atoms. The highest BCUT2D eigenvalue weighted by atomic mass is 32.1. The van der Waals surface area contributed by atoms with E-state index in [0.717, 1.165) is 21.8 Å². The monoisotopic (exact) mass is 238 g/mol. The van der Waals surface area contributed by atoms with Crippen LogP contribution < -0.4 is 5.73 Å². The first-order valence-corrected chi connectivity index (χ1v) is 5.40. The van der Waals surface area contributed by atoms with Gasteiger partial charge in [0.2, 0.25) is 0 Å². The maximum Gasteiger partial charge on any atom is 0.324 e. The van der Waals surface area contributed by atoms with E-state index in [4.69, 9.17) is 5.73 Å². The summed E-state index contributed by atoms with van der Waals surface area (Å²) in [7, 11) is 0. The molecule has 0 radical (unpaired) electrons. The molecule has 0 atom stereocenters. The quantitative estimate of drug-likeness (QED) is 0.652. The number of rotatable bonds is 3. The minimum absolute atomic E-state index is 0.137. The molecule has 2 N–H and O–H groups in total. The Balaban J connectivity index is 2.21. The van der Waals surface area contributed by atoms with Crippen molar-refractivity contribution >= 4 is 22.2 Å². The second-order valence-electron chi connectivity index (χ2n) is 3.37. The standard InChI is InChI=1S/C9H10N4O2S/c1-6-4-11-12(9(6)10)5-7-2-3-8(16-7)13(14)15/h2-4H,5,10H2,1H3. The van der Waals surface area contributed by atoms with Crippen LogP contribution in [0.5, 0.6) is 0 Å². The van der Waals surface area contributed by atoms with Crippen LogP contribution in [0.1, 0.15) is 10.4 Å². The SMILES string of the molecule is Cc1cnn(Cc2ccc([N+](=O)[O-])s2)c1N. The first kappa shape index (κ1) is 10.6. The zero-order chi connectivity index (χ0) is 11.7. The Labute approximate surface area is 95.5 Å². The summed E-state index contributed by atoms with van der Waals surface area (Å²) in [4.78, 5) is 11.0. The highest BCUT2D eigenvalue weighted by molar-refractivity contribution is 7.15. The van der Waals surface area contributed by atoms with Gasteiger partial charge in [0.05, 0.1) is 17.7 Å². The van der Waals surface area contributed by atoms with Gasteiger partial charge in [-0.2, -0.15) is 5.10 Å².